The van der Waals surface area contributed by atoms with E-state index in [0.717, 1.165) is 27.6 Å². The van der Waals surface area contributed by atoms with Crippen molar-refractivity contribution in [1.82, 2.24) is 15.0 Å². The minimum Gasteiger partial charge on any atom is -0.399 e. The Hall–Kier alpha value is -2.27. The first-order valence-corrected chi connectivity index (χ1v) is 6.29. The monoisotopic (exact) mass is 254 g/mol. The zero-order valence-corrected chi connectivity index (χ0v) is 10.3. The van der Waals surface area contributed by atoms with Gasteiger partial charge in [0, 0.05) is 29.0 Å². The Balaban J connectivity index is 1.97. The fourth-order valence-electron chi connectivity index (χ4n) is 1.59. The Morgan fingerprint density at radius 2 is 1.83 bits per heavy atom. The fourth-order valence-corrected chi connectivity index (χ4v) is 2.38. The number of nitrogen functional groups attached to an aromatic ring is 1. The number of nitrogens with two attached hydrogens (primary N) is 1. The summed E-state index contributed by atoms with van der Waals surface area (Å²) in [6.45, 7) is 0. The van der Waals surface area contributed by atoms with Gasteiger partial charge in [0.15, 0.2) is 0 Å². The molecule has 0 fully saturated rings. The standard InChI is InChI=1S/C13H10N4S/c14-10-3-1-9(2-4-10)12-8-18-13(17-12)11-7-15-5-6-16-11/h1-8H,14H2. The molecule has 3 rings (SSSR count). The minimum absolute atomic E-state index is 0.753. The molecule has 2 aromatic heterocycles. The maximum absolute atomic E-state index is 5.66. The second-order valence-electron chi connectivity index (χ2n) is 3.75. The van der Waals surface area contributed by atoms with E-state index >= 15 is 0 Å². The molecule has 0 spiro atoms. The highest BCUT2D eigenvalue weighted by molar-refractivity contribution is 7.13. The molecule has 5 heteroatoms. The molecule has 4 nitrogen and oxygen atoms in total. The summed E-state index contributed by atoms with van der Waals surface area (Å²) in [5, 5.41) is 2.88. The molecule has 2 N–H and O–H groups in total. The summed E-state index contributed by atoms with van der Waals surface area (Å²) in [4.78, 5) is 12.8. The Morgan fingerprint density at radius 1 is 1.00 bits per heavy atom. The highest BCUT2D eigenvalue weighted by atomic mass is 32.1. The lowest BCUT2D eigenvalue weighted by Crippen LogP contribution is -1.85. The SMILES string of the molecule is Nc1ccc(-c2csc(-c3cnccn3)n2)cc1. The number of hydrogen-bond acceptors (Lipinski definition) is 5. The van der Waals surface area contributed by atoms with E-state index in [1.807, 2.05) is 29.6 Å². The zero-order valence-electron chi connectivity index (χ0n) is 9.45. The van der Waals surface area contributed by atoms with Gasteiger partial charge in [0.05, 0.1) is 11.9 Å². The van der Waals surface area contributed by atoms with E-state index in [0.29, 0.717) is 0 Å². The van der Waals surface area contributed by atoms with Gasteiger partial charge < -0.3 is 5.73 Å². The summed E-state index contributed by atoms with van der Waals surface area (Å²) >= 11 is 1.56. The molecule has 18 heavy (non-hydrogen) atoms. The maximum atomic E-state index is 5.66. The number of thiazole rings is 1. The predicted molar refractivity (Wildman–Crippen MR) is 73.0 cm³/mol. The average Bonchev–Trinajstić information content (AvgIpc) is 2.90. The van der Waals surface area contributed by atoms with Gasteiger partial charge in [0.2, 0.25) is 0 Å². The topological polar surface area (TPSA) is 64.7 Å². The van der Waals surface area contributed by atoms with E-state index in [9.17, 15) is 0 Å². The summed E-state index contributed by atoms with van der Waals surface area (Å²) in [5.41, 5.74) is 9.20. The molecule has 0 saturated heterocycles. The van der Waals surface area contributed by atoms with Crippen LogP contribution >= 0.6 is 11.3 Å². The lowest BCUT2D eigenvalue weighted by Gasteiger charge is -1.97. The van der Waals surface area contributed by atoms with Crippen LogP contribution in [0.25, 0.3) is 22.0 Å². The van der Waals surface area contributed by atoms with Gasteiger partial charge in [-0.1, -0.05) is 12.1 Å². The summed E-state index contributed by atoms with van der Waals surface area (Å²) in [6, 6.07) is 7.67. The number of nitrogens with zero attached hydrogens (tertiary/aromatic N) is 3. The summed E-state index contributed by atoms with van der Waals surface area (Å²) in [5.74, 6) is 0. The summed E-state index contributed by atoms with van der Waals surface area (Å²) in [7, 11) is 0. The van der Waals surface area contributed by atoms with Gasteiger partial charge in [-0.25, -0.2) is 4.98 Å². The number of hydrogen-bond donors (Lipinski definition) is 1. The van der Waals surface area contributed by atoms with Crippen LogP contribution in [0.15, 0.2) is 48.2 Å². The first-order chi connectivity index (χ1) is 8.83. The molecule has 2 heterocycles. The smallest absolute Gasteiger partial charge is 0.144 e. The fraction of sp³-hybridized carbons (Fsp3) is 0. The Morgan fingerprint density at radius 3 is 2.56 bits per heavy atom. The van der Waals surface area contributed by atoms with Crippen LogP contribution in [0.2, 0.25) is 0 Å². The van der Waals surface area contributed by atoms with Crippen molar-refractivity contribution in [1.29, 1.82) is 0 Å². The lowest BCUT2D eigenvalue weighted by molar-refractivity contribution is 1.19. The third-order valence-corrected chi connectivity index (χ3v) is 3.36. The van der Waals surface area contributed by atoms with Crippen molar-refractivity contribution in [3.05, 3.63) is 48.2 Å². The highest BCUT2D eigenvalue weighted by Crippen LogP contribution is 2.27. The van der Waals surface area contributed by atoms with Crippen molar-refractivity contribution >= 4 is 17.0 Å². The number of rotatable bonds is 2. The molecule has 0 aliphatic carbocycles. The van der Waals surface area contributed by atoms with Crippen molar-refractivity contribution in [3.8, 4) is 22.0 Å². The van der Waals surface area contributed by atoms with Gasteiger partial charge in [-0.15, -0.1) is 11.3 Å². The van der Waals surface area contributed by atoms with E-state index in [-0.39, 0.29) is 0 Å². The Labute approximate surface area is 108 Å². The average molecular weight is 254 g/mol. The quantitative estimate of drug-likeness (QED) is 0.714. The van der Waals surface area contributed by atoms with Crippen LogP contribution in [0.1, 0.15) is 0 Å². The van der Waals surface area contributed by atoms with Crippen LogP contribution < -0.4 is 5.73 Å². The first kappa shape index (κ1) is 10.9. The van der Waals surface area contributed by atoms with Crippen LogP contribution in [0.4, 0.5) is 5.69 Å². The van der Waals surface area contributed by atoms with E-state index < -0.39 is 0 Å². The molecule has 0 atom stereocenters. The molecule has 88 valence electrons. The van der Waals surface area contributed by atoms with E-state index in [4.69, 9.17) is 5.73 Å². The zero-order chi connectivity index (χ0) is 12.4. The normalized spacial score (nSPS) is 10.4. The summed E-state index contributed by atoms with van der Waals surface area (Å²) < 4.78 is 0. The predicted octanol–water partition coefficient (Wildman–Crippen LogP) is 2.85. The van der Waals surface area contributed by atoms with Crippen LogP contribution in [-0.4, -0.2) is 15.0 Å². The third-order valence-electron chi connectivity index (χ3n) is 2.49. The molecule has 0 radical (unpaired) electrons. The third kappa shape index (κ3) is 2.08. The largest absolute Gasteiger partial charge is 0.399 e. The van der Waals surface area contributed by atoms with Crippen molar-refractivity contribution in [2.45, 2.75) is 0 Å². The maximum Gasteiger partial charge on any atom is 0.144 e. The van der Waals surface area contributed by atoms with Gasteiger partial charge >= 0.3 is 0 Å². The molecular formula is C13H10N4S. The van der Waals surface area contributed by atoms with Gasteiger partial charge in [0.25, 0.3) is 0 Å². The van der Waals surface area contributed by atoms with E-state index in [1.165, 1.54) is 0 Å². The number of anilines is 1. The second-order valence-corrected chi connectivity index (χ2v) is 4.61. The molecule has 0 aliphatic heterocycles. The van der Waals surface area contributed by atoms with Gasteiger partial charge in [-0.05, 0) is 12.1 Å². The van der Waals surface area contributed by atoms with Gasteiger partial charge in [0.1, 0.15) is 10.7 Å². The van der Waals surface area contributed by atoms with Crippen molar-refractivity contribution in [2.75, 3.05) is 5.73 Å². The molecule has 0 saturated carbocycles. The van der Waals surface area contributed by atoms with Crippen LogP contribution in [0, 0.1) is 0 Å². The van der Waals surface area contributed by atoms with E-state index in [2.05, 4.69) is 15.0 Å². The van der Waals surface area contributed by atoms with Crippen LogP contribution in [0.5, 0.6) is 0 Å². The Bertz CT molecular complexity index is 646. The summed E-state index contributed by atoms with van der Waals surface area (Å²) in [6.07, 6.45) is 5.03. The van der Waals surface area contributed by atoms with Crippen molar-refractivity contribution < 1.29 is 0 Å². The second kappa shape index (κ2) is 4.54. The molecule has 0 aliphatic rings. The lowest BCUT2D eigenvalue weighted by atomic mass is 10.1. The number of aromatic nitrogens is 3. The van der Waals surface area contributed by atoms with E-state index in [1.54, 1.807) is 29.9 Å². The van der Waals surface area contributed by atoms with Crippen molar-refractivity contribution in [2.24, 2.45) is 0 Å². The molecule has 0 bridgehead atoms. The molecule has 0 unspecified atom stereocenters. The minimum atomic E-state index is 0.753. The van der Waals surface area contributed by atoms with Gasteiger partial charge in [-0.2, -0.15) is 0 Å². The Kier molecular flexibility index (Phi) is 2.74. The van der Waals surface area contributed by atoms with Crippen LogP contribution in [0.3, 0.4) is 0 Å². The van der Waals surface area contributed by atoms with Crippen molar-refractivity contribution in [3.63, 3.8) is 0 Å². The molecule has 1 aromatic carbocycles. The first-order valence-electron chi connectivity index (χ1n) is 5.41. The molecule has 0 amide bonds. The highest BCUT2D eigenvalue weighted by Gasteiger charge is 2.07. The number of benzene rings is 1. The molecular weight excluding hydrogens is 244 g/mol. The van der Waals surface area contributed by atoms with Gasteiger partial charge in [-0.3, -0.25) is 9.97 Å². The van der Waals surface area contributed by atoms with Crippen LogP contribution in [-0.2, 0) is 0 Å². The molecule has 3 aromatic rings.